The van der Waals surface area contributed by atoms with Crippen molar-refractivity contribution in [2.75, 3.05) is 0 Å². The Bertz CT molecular complexity index is 435. The molecule has 2 aromatic rings. The molecule has 0 saturated carbocycles. The molecule has 0 bridgehead atoms. The van der Waals surface area contributed by atoms with Gasteiger partial charge in [0.05, 0.1) is 0 Å². The van der Waals surface area contributed by atoms with E-state index in [2.05, 4.69) is 12.1 Å². The Kier molecular flexibility index (Phi) is 2.11. The lowest BCUT2D eigenvalue weighted by Crippen LogP contribution is -1.77. The molecule has 2 N–H and O–H groups in total. The molecule has 0 aliphatic heterocycles. The Morgan fingerprint density at radius 1 is 0.929 bits per heavy atom. The van der Waals surface area contributed by atoms with Crippen molar-refractivity contribution < 1.29 is 10.2 Å². The Morgan fingerprint density at radius 3 is 2.43 bits per heavy atom. The van der Waals surface area contributed by atoms with Gasteiger partial charge in [-0.2, -0.15) is 0 Å². The lowest BCUT2D eigenvalue weighted by molar-refractivity contribution is 0.403. The summed E-state index contributed by atoms with van der Waals surface area (Å²) < 4.78 is 0. The number of benzene rings is 2. The molecule has 0 saturated heterocycles. The zero-order chi connectivity index (χ0) is 9.97. The van der Waals surface area contributed by atoms with E-state index in [9.17, 15) is 5.11 Å². The highest BCUT2D eigenvalue weighted by molar-refractivity contribution is 5.65. The smallest absolute Gasteiger partial charge is 0.166 e. The summed E-state index contributed by atoms with van der Waals surface area (Å²) in [5.41, 5.74) is 1.55. The van der Waals surface area contributed by atoms with Crippen LogP contribution in [-0.2, 0) is 0 Å². The van der Waals surface area contributed by atoms with Gasteiger partial charge < -0.3 is 10.2 Å². The van der Waals surface area contributed by atoms with Crippen molar-refractivity contribution in [3.63, 3.8) is 0 Å². The highest BCUT2D eigenvalue weighted by Gasteiger charge is 2.02. The van der Waals surface area contributed by atoms with Gasteiger partial charge in [-0.25, -0.2) is 0 Å². The van der Waals surface area contributed by atoms with E-state index < -0.39 is 0 Å². The minimum atomic E-state index is -0.236. The average Bonchev–Trinajstić information content (AvgIpc) is 2.23. The third-order valence-corrected chi connectivity index (χ3v) is 1.90. The SMILES string of the molecule is Oc1[c]c(-c2[c]cccc2)ccc1O. The number of aromatic hydroxyl groups is 2. The molecule has 2 rings (SSSR count). The van der Waals surface area contributed by atoms with Gasteiger partial charge in [0, 0.05) is 6.07 Å². The molecule has 0 spiro atoms. The van der Waals surface area contributed by atoms with Crippen molar-refractivity contribution in [3.8, 4) is 22.6 Å². The van der Waals surface area contributed by atoms with Crippen molar-refractivity contribution in [2.24, 2.45) is 0 Å². The van der Waals surface area contributed by atoms with Crippen LogP contribution in [0.25, 0.3) is 11.1 Å². The lowest BCUT2D eigenvalue weighted by atomic mass is 10.1. The number of rotatable bonds is 1. The van der Waals surface area contributed by atoms with Crippen LogP contribution in [0.4, 0.5) is 0 Å². The Balaban J connectivity index is 2.48. The standard InChI is InChI=1S/C12H8O2/c13-11-7-6-10(8-12(11)14)9-4-2-1-3-5-9/h1-4,6-7,13-14H. The molecular weight excluding hydrogens is 176 g/mol. The normalized spacial score (nSPS) is 10.0. The zero-order valence-electron chi connectivity index (χ0n) is 7.36. The van der Waals surface area contributed by atoms with Gasteiger partial charge in [0.2, 0.25) is 0 Å². The number of hydrogen-bond donors (Lipinski definition) is 2. The molecule has 2 nitrogen and oxygen atoms in total. The number of phenolic OH excluding ortho intramolecular Hbond substituents is 2. The maximum atomic E-state index is 9.24. The first-order chi connectivity index (χ1) is 6.77. The van der Waals surface area contributed by atoms with E-state index in [1.807, 2.05) is 18.2 Å². The summed E-state index contributed by atoms with van der Waals surface area (Å²) in [5, 5.41) is 18.3. The second-order valence-electron chi connectivity index (χ2n) is 2.88. The molecule has 2 radical (unpaired) electrons. The fourth-order valence-electron chi connectivity index (χ4n) is 1.19. The maximum Gasteiger partial charge on any atom is 0.166 e. The summed E-state index contributed by atoms with van der Waals surface area (Å²) in [6, 6.07) is 16.2. The van der Waals surface area contributed by atoms with E-state index >= 15 is 0 Å². The van der Waals surface area contributed by atoms with Gasteiger partial charge in [-0.1, -0.05) is 24.3 Å². The molecule has 2 heteroatoms. The highest BCUT2D eigenvalue weighted by atomic mass is 16.3. The van der Waals surface area contributed by atoms with Crippen LogP contribution < -0.4 is 0 Å². The first kappa shape index (κ1) is 8.63. The summed E-state index contributed by atoms with van der Waals surface area (Å²) in [5.74, 6) is -0.399. The second kappa shape index (κ2) is 3.42. The Hall–Kier alpha value is -1.96. The van der Waals surface area contributed by atoms with Crippen LogP contribution in [-0.4, -0.2) is 10.2 Å². The van der Waals surface area contributed by atoms with Crippen LogP contribution in [0.1, 0.15) is 0 Å². The molecule has 0 aromatic heterocycles. The first-order valence-corrected chi connectivity index (χ1v) is 4.19. The van der Waals surface area contributed by atoms with Crippen LogP contribution in [0.15, 0.2) is 36.4 Å². The molecule has 0 aliphatic rings. The topological polar surface area (TPSA) is 40.5 Å². The van der Waals surface area contributed by atoms with Crippen molar-refractivity contribution >= 4 is 0 Å². The monoisotopic (exact) mass is 184 g/mol. The first-order valence-electron chi connectivity index (χ1n) is 4.19. The van der Waals surface area contributed by atoms with Gasteiger partial charge in [0.1, 0.15) is 0 Å². The summed E-state index contributed by atoms with van der Waals surface area (Å²) in [4.78, 5) is 0. The predicted octanol–water partition coefficient (Wildman–Crippen LogP) is 2.37. The molecule has 0 fully saturated rings. The maximum absolute atomic E-state index is 9.24. The highest BCUT2D eigenvalue weighted by Crippen LogP contribution is 2.29. The van der Waals surface area contributed by atoms with Crippen LogP contribution in [0.3, 0.4) is 0 Å². The molecule has 0 atom stereocenters. The molecule has 68 valence electrons. The van der Waals surface area contributed by atoms with Gasteiger partial charge in [0.25, 0.3) is 0 Å². The van der Waals surface area contributed by atoms with Crippen molar-refractivity contribution in [1.82, 2.24) is 0 Å². The fourth-order valence-corrected chi connectivity index (χ4v) is 1.19. The van der Waals surface area contributed by atoms with Gasteiger partial charge in [-0.3, -0.25) is 0 Å². The summed E-state index contributed by atoms with van der Waals surface area (Å²) in [6.45, 7) is 0. The van der Waals surface area contributed by atoms with E-state index in [1.54, 1.807) is 12.1 Å². The lowest BCUT2D eigenvalue weighted by Gasteiger charge is -2.01. The third kappa shape index (κ3) is 1.55. The third-order valence-electron chi connectivity index (χ3n) is 1.90. The predicted molar refractivity (Wildman–Crippen MR) is 52.9 cm³/mol. The zero-order valence-corrected chi connectivity index (χ0v) is 7.36. The molecular formula is C12H8O2. The van der Waals surface area contributed by atoms with Crippen LogP contribution in [0, 0.1) is 12.1 Å². The van der Waals surface area contributed by atoms with Crippen molar-refractivity contribution in [2.45, 2.75) is 0 Å². The molecule has 2 aromatic carbocycles. The fraction of sp³-hybridized carbons (Fsp3) is 0. The van der Waals surface area contributed by atoms with Gasteiger partial charge >= 0.3 is 0 Å². The minimum absolute atomic E-state index is 0.162. The van der Waals surface area contributed by atoms with Crippen LogP contribution in [0.2, 0.25) is 0 Å². The molecule has 0 amide bonds. The summed E-state index contributed by atoms with van der Waals surface area (Å²) in [6.07, 6.45) is 0. The van der Waals surface area contributed by atoms with E-state index in [0.717, 1.165) is 5.56 Å². The summed E-state index contributed by atoms with van der Waals surface area (Å²) >= 11 is 0. The van der Waals surface area contributed by atoms with E-state index in [-0.39, 0.29) is 11.5 Å². The van der Waals surface area contributed by atoms with Gasteiger partial charge in [-0.05, 0) is 29.3 Å². The van der Waals surface area contributed by atoms with Crippen LogP contribution >= 0.6 is 0 Å². The van der Waals surface area contributed by atoms with E-state index in [4.69, 9.17) is 5.11 Å². The minimum Gasteiger partial charge on any atom is -0.504 e. The van der Waals surface area contributed by atoms with E-state index in [1.165, 1.54) is 6.07 Å². The molecule has 14 heavy (non-hydrogen) atoms. The van der Waals surface area contributed by atoms with Crippen molar-refractivity contribution in [3.05, 3.63) is 48.5 Å². The number of hydrogen-bond acceptors (Lipinski definition) is 2. The molecule has 0 aliphatic carbocycles. The quantitative estimate of drug-likeness (QED) is 0.668. The molecule has 0 heterocycles. The average molecular weight is 184 g/mol. The molecule has 0 unspecified atom stereocenters. The van der Waals surface area contributed by atoms with E-state index in [0.29, 0.717) is 5.56 Å². The summed E-state index contributed by atoms with van der Waals surface area (Å²) in [7, 11) is 0. The largest absolute Gasteiger partial charge is 0.504 e. The van der Waals surface area contributed by atoms with Crippen molar-refractivity contribution in [1.29, 1.82) is 0 Å². The van der Waals surface area contributed by atoms with Gasteiger partial charge in [-0.15, -0.1) is 0 Å². The Labute approximate surface area is 82.1 Å². The second-order valence-corrected chi connectivity index (χ2v) is 2.88. The van der Waals surface area contributed by atoms with Gasteiger partial charge in [0.15, 0.2) is 11.5 Å². The van der Waals surface area contributed by atoms with Crippen LogP contribution in [0.5, 0.6) is 11.5 Å². The Morgan fingerprint density at radius 2 is 1.79 bits per heavy atom. The number of phenols is 2.